The van der Waals surface area contributed by atoms with Gasteiger partial charge in [0.2, 0.25) is 0 Å². The molecule has 0 aliphatic heterocycles. The fourth-order valence-corrected chi connectivity index (χ4v) is 3.42. The van der Waals surface area contributed by atoms with E-state index in [1.165, 1.54) is 12.1 Å². The number of benzene rings is 3. The van der Waals surface area contributed by atoms with Gasteiger partial charge in [-0.05, 0) is 54.6 Å². The fourth-order valence-electron chi connectivity index (χ4n) is 2.90. The van der Waals surface area contributed by atoms with Crippen molar-refractivity contribution >= 4 is 34.8 Å². The van der Waals surface area contributed by atoms with Gasteiger partial charge in [0.15, 0.2) is 0 Å². The number of nitrogens with one attached hydrogen (secondary N) is 1. The Balaban J connectivity index is 1.76. The third-order valence-electron chi connectivity index (χ3n) is 4.22. The van der Waals surface area contributed by atoms with Crippen molar-refractivity contribution in [1.82, 2.24) is 9.78 Å². The molecule has 0 saturated carbocycles. The predicted molar refractivity (Wildman–Crippen MR) is 113 cm³/mol. The summed E-state index contributed by atoms with van der Waals surface area (Å²) in [5.41, 5.74) is 2.64. The molecule has 0 saturated heterocycles. The van der Waals surface area contributed by atoms with Crippen LogP contribution in [0.4, 0.5) is 10.1 Å². The lowest BCUT2D eigenvalue weighted by molar-refractivity contribution is 0.102. The average Bonchev–Trinajstić information content (AvgIpc) is 3.14. The molecule has 4 aromatic rings. The quantitative estimate of drug-likeness (QED) is 0.420. The molecule has 4 rings (SSSR count). The van der Waals surface area contributed by atoms with E-state index >= 15 is 0 Å². The number of hydrogen-bond acceptors (Lipinski definition) is 2. The number of amides is 1. The summed E-state index contributed by atoms with van der Waals surface area (Å²) in [6.07, 6.45) is 1.63. The summed E-state index contributed by atoms with van der Waals surface area (Å²) < 4.78 is 15.0. The van der Waals surface area contributed by atoms with Gasteiger partial charge in [-0.1, -0.05) is 41.4 Å². The number of hydrogen-bond donors (Lipinski definition) is 1. The number of rotatable bonds is 4. The summed E-state index contributed by atoms with van der Waals surface area (Å²) in [5, 5.41) is 8.17. The van der Waals surface area contributed by atoms with Gasteiger partial charge in [0.05, 0.1) is 11.3 Å². The lowest BCUT2D eigenvalue weighted by Crippen LogP contribution is -2.12. The smallest absolute Gasteiger partial charge is 0.259 e. The Morgan fingerprint density at radius 3 is 2.24 bits per heavy atom. The summed E-state index contributed by atoms with van der Waals surface area (Å²) >= 11 is 12.0. The van der Waals surface area contributed by atoms with E-state index in [-0.39, 0.29) is 11.7 Å². The highest BCUT2D eigenvalue weighted by Crippen LogP contribution is 2.27. The molecule has 0 aliphatic rings. The van der Waals surface area contributed by atoms with Gasteiger partial charge in [0.1, 0.15) is 11.5 Å². The van der Waals surface area contributed by atoms with Crippen molar-refractivity contribution in [3.8, 4) is 16.9 Å². The Hall–Kier alpha value is -3.15. The van der Waals surface area contributed by atoms with Crippen molar-refractivity contribution in [3.05, 3.63) is 100 Å². The molecule has 0 spiro atoms. The molecule has 1 amide bonds. The van der Waals surface area contributed by atoms with Gasteiger partial charge in [-0.25, -0.2) is 9.07 Å². The first kappa shape index (κ1) is 19.2. The highest BCUT2D eigenvalue weighted by atomic mass is 35.5. The molecule has 0 atom stereocenters. The highest BCUT2D eigenvalue weighted by Gasteiger charge is 2.19. The Morgan fingerprint density at radius 2 is 1.59 bits per heavy atom. The number of aromatic nitrogens is 2. The Kier molecular flexibility index (Phi) is 5.34. The van der Waals surface area contributed by atoms with Gasteiger partial charge in [0, 0.05) is 27.5 Å². The minimum atomic E-state index is -0.384. The minimum Gasteiger partial charge on any atom is -0.322 e. The van der Waals surface area contributed by atoms with Crippen molar-refractivity contribution in [1.29, 1.82) is 0 Å². The first-order valence-electron chi connectivity index (χ1n) is 8.68. The molecule has 0 radical (unpaired) electrons. The van der Waals surface area contributed by atoms with Crippen LogP contribution in [0.5, 0.6) is 0 Å². The second-order valence-corrected chi connectivity index (χ2v) is 7.16. The fraction of sp³-hybridized carbons (Fsp3) is 0. The van der Waals surface area contributed by atoms with Gasteiger partial charge in [-0.2, -0.15) is 5.10 Å². The second kappa shape index (κ2) is 8.07. The predicted octanol–water partition coefficient (Wildman–Crippen LogP) is 6.24. The molecule has 7 heteroatoms. The number of carbonyl (C=O) groups is 1. The maximum absolute atomic E-state index is 13.4. The van der Waals surface area contributed by atoms with Gasteiger partial charge in [-0.3, -0.25) is 4.79 Å². The van der Waals surface area contributed by atoms with E-state index in [1.54, 1.807) is 41.2 Å². The third kappa shape index (κ3) is 4.31. The molecule has 1 N–H and O–H groups in total. The van der Waals surface area contributed by atoms with Crippen molar-refractivity contribution in [2.75, 3.05) is 5.32 Å². The van der Waals surface area contributed by atoms with Crippen LogP contribution in [0, 0.1) is 5.82 Å². The van der Waals surface area contributed by atoms with E-state index in [1.807, 2.05) is 30.3 Å². The monoisotopic (exact) mass is 425 g/mol. The number of anilines is 1. The number of carbonyl (C=O) groups excluding carboxylic acids is 1. The number of para-hydroxylation sites is 1. The van der Waals surface area contributed by atoms with Crippen LogP contribution in [-0.2, 0) is 0 Å². The molecule has 0 aliphatic carbocycles. The van der Waals surface area contributed by atoms with Crippen molar-refractivity contribution < 1.29 is 9.18 Å². The van der Waals surface area contributed by atoms with E-state index in [9.17, 15) is 9.18 Å². The zero-order valence-corrected chi connectivity index (χ0v) is 16.5. The van der Waals surface area contributed by atoms with Crippen molar-refractivity contribution in [2.45, 2.75) is 0 Å². The maximum atomic E-state index is 13.4. The highest BCUT2D eigenvalue weighted by molar-refractivity contribution is 6.35. The molecule has 3 aromatic carbocycles. The van der Waals surface area contributed by atoms with Crippen LogP contribution in [0.15, 0.2) is 79.0 Å². The topological polar surface area (TPSA) is 46.9 Å². The van der Waals surface area contributed by atoms with E-state index in [4.69, 9.17) is 23.2 Å². The van der Waals surface area contributed by atoms with E-state index in [0.717, 1.165) is 5.69 Å². The molecule has 1 aromatic heterocycles. The lowest BCUT2D eigenvalue weighted by Gasteiger charge is -2.07. The van der Waals surface area contributed by atoms with Crippen LogP contribution < -0.4 is 5.32 Å². The zero-order chi connectivity index (χ0) is 20.4. The van der Waals surface area contributed by atoms with Gasteiger partial charge in [0.25, 0.3) is 5.91 Å². The summed E-state index contributed by atoms with van der Waals surface area (Å²) in [6.45, 7) is 0. The van der Waals surface area contributed by atoms with E-state index in [2.05, 4.69) is 10.4 Å². The standard InChI is InChI=1S/C22H14Cl2FN3O/c23-15-10-16(24)12-18(11-15)26-22(29)20-13-28(19-4-2-1-3-5-19)27-21(20)14-6-8-17(25)9-7-14/h1-13H,(H,26,29). The van der Waals surface area contributed by atoms with Crippen molar-refractivity contribution in [3.63, 3.8) is 0 Å². The first-order chi connectivity index (χ1) is 14.0. The summed E-state index contributed by atoms with van der Waals surface area (Å²) in [7, 11) is 0. The van der Waals surface area contributed by atoms with Crippen LogP contribution in [0.3, 0.4) is 0 Å². The Morgan fingerprint density at radius 1 is 0.931 bits per heavy atom. The van der Waals surface area contributed by atoms with E-state index < -0.39 is 0 Å². The second-order valence-electron chi connectivity index (χ2n) is 6.29. The minimum absolute atomic E-state index is 0.330. The molecular formula is C22H14Cl2FN3O. The largest absolute Gasteiger partial charge is 0.322 e. The van der Waals surface area contributed by atoms with Crippen LogP contribution in [-0.4, -0.2) is 15.7 Å². The first-order valence-corrected chi connectivity index (χ1v) is 9.44. The molecule has 0 fully saturated rings. The lowest BCUT2D eigenvalue weighted by atomic mass is 10.1. The molecule has 1 heterocycles. The van der Waals surface area contributed by atoms with Crippen LogP contribution >= 0.6 is 23.2 Å². The normalized spacial score (nSPS) is 10.7. The molecule has 0 bridgehead atoms. The summed E-state index contributed by atoms with van der Waals surface area (Å²) in [4.78, 5) is 13.0. The third-order valence-corrected chi connectivity index (χ3v) is 4.65. The number of nitrogens with zero attached hydrogens (tertiary/aromatic N) is 2. The van der Waals surface area contributed by atoms with Gasteiger partial charge < -0.3 is 5.32 Å². The maximum Gasteiger partial charge on any atom is 0.259 e. The molecule has 29 heavy (non-hydrogen) atoms. The van der Waals surface area contributed by atoms with Gasteiger partial charge in [-0.15, -0.1) is 0 Å². The molecule has 4 nitrogen and oxygen atoms in total. The van der Waals surface area contributed by atoms with E-state index in [0.29, 0.717) is 32.6 Å². The SMILES string of the molecule is O=C(Nc1cc(Cl)cc(Cl)c1)c1cn(-c2ccccc2)nc1-c1ccc(F)cc1. The molecule has 144 valence electrons. The molecular weight excluding hydrogens is 412 g/mol. The summed E-state index contributed by atoms with van der Waals surface area (Å²) in [6, 6.07) is 20.0. The van der Waals surface area contributed by atoms with Gasteiger partial charge >= 0.3 is 0 Å². The van der Waals surface area contributed by atoms with Crippen LogP contribution in [0.1, 0.15) is 10.4 Å². The zero-order valence-electron chi connectivity index (χ0n) is 14.9. The Bertz CT molecular complexity index is 1150. The average molecular weight is 426 g/mol. The molecule has 0 unspecified atom stereocenters. The summed E-state index contributed by atoms with van der Waals surface area (Å²) in [5.74, 6) is -0.749. The van der Waals surface area contributed by atoms with Crippen LogP contribution in [0.25, 0.3) is 16.9 Å². The number of halogens is 3. The van der Waals surface area contributed by atoms with Crippen LogP contribution in [0.2, 0.25) is 10.0 Å². The Labute approximate surface area is 176 Å². The van der Waals surface area contributed by atoms with Crippen molar-refractivity contribution in [2.24, 2.45) is 0 Å².